The summed E-state index contributed by atoms with van der Waals surface area (Å²) < 4.78 is 10.4. The summed E-state index contributed by atoms with van der Waals surface area (Å²) in [6.07, 6.45) is 2.04. The average molecular weight is 261 g/mol. The summed E-state index contributed by atoms with van der Waals surface area (Å²) >= 11 is 1.91. The van der Waals surface area contributed by atoms with Crippen LogP contribution in [0.4, 0.5) is 0 Å². The van der Waals surface area contributed by atoms with Crippen LogP contribution in [0.25, 0.3) is 0 Å². The minimum absolute atomic E-state index is 0.100. The summed E-state index contributed by atoms with van der Waals surface area (Å²) in [6, 6.07) is 0.368. The molecule has 0 N–H and O–H groups in total. The molecule has 0 aromatic rings. The van der Waals surface area contributed by atoms with Crippen molar-refractivity contribution in [2.45, 2.75) is 25.8 Å². The summed E-state index contributed by atoms with van der Waals surface area (Å²) in [4.78, 5) is 14.0. The maximum absolute atomic E-state index is 12.0. The van der Waals surface area contributed by atoms with Crippen LogP contribution in [0.3, 0.4) is 0 Å². The first-order chi connectivity index (χ1) is 8.29. The lowest BCUT2D eigenvalue weighted by Crippen LogP contribution is -2.44. The average Bonchev–Trinajstić information content (AvgIpc) is 2.83. The van der Waals surface area contributed by atoms with Crippen molar-refractivity contribution in [1.82, 2.24) is 4.90 Å². The van der Waals surface area contributed by atoms with Gasteiger partial charge in [0, 0.05) is 32.1 Å². The van der Waals surface area contributed by atoms with Crippen molar-refractivity contribution in [1.29, 1.82) is 0 Å². The summed E-state index contributed by atoms with van der Waals surface area (Å²) in [6.45, 7) is 4.18. The molecule has 5 heteroatoms. The molecule has 0 saturated carbocycles. The highest BCUT2D eigenvalue weighted by atomic mass is 32.2. The van der Waals surface area contributed by atoms with Gasteiger partial charge in [0.25, 0.3) is 0 Å². The molecule has 4 nitrogen and oxygen atoms in total. The first kappa shape index (κ1) is 14.8. The van der Waals surface area contributed by atoms with E-state index in [0.717, 1.165) is 24.3 Å². The Hall–Kier alpha value is -0.260. The van der Waals surface area contributed by atoms with Gasteiger partial charge >= 0.3 is 0 Å². The van der Waals surface area contributed by atoms with Gasteiger partial charge in [0.1, 0.15) is 6.61 Å². The molecule has 1 atom stereocenters. The highest BCUT2D eigenvalue weighted by Crippen LogP contribution is 2.22. The Morgan fingerprint density at radius 3 is 2.88 bits per heavy atom. The van der Waals surface area contributed by atoms with Crippen LogP contribution in [-0.4, -0.2) is 61.8 Å². The summed E-state index contributed by atoms with van der Waals surface area (Å²) in [5.41, 5.74) is 0. The molecule has 1 rings (SSSR count). The van der Waals surface area contributed by atoms with E-state index < -0.39 is 0 Å². The Kier molecular flexibility index (Phi) is 7.64. The van der Waals surface area contributed by atoms with Crippen LogP contribution in [0.1, 0.15) is 19.8 Å². The van der Waals surface area contributed by atoms with Gasteiger partial charge in [0.2, 0.25) is 5.91 Å². The molecule has 0 aromatic heterocycles. The van der Waals surface area contributed by atoms with Crippen molar-refractivity contribution in [3.8, 4) is 0 Å². The van der Waals surface area contributed by atoms with Crippen LogP contribution >= 0.6 is 11.8 Å². The minimum Gasteiger partial charge on any atom is -0.383 e. The zero-order valence-electron chi connectivity index (χ0n) is 10.8. The lowest BCUT2D eigenvalue weighted by atomic mass is 10.2. The maximum Gasteiger partial charge on any atom is 0.248 e. The third kappa shape index (κ3) is 5.27. The standard InChI is InChI=1S/C12H23NO3S/c1-3-6-16-9-12(14)13(5-7-15-2)11-4-8-17-10-11/h11H,3-10H2,1-2H3. The van der Waals surface area contributed by atoms with Crippen molar-refractivity contribution >= 4 is 17.7 Å². The minimum atomic E-state index is 0.100. The van der Waals surface area contributed by atoms with Crippen LogP contribution in [-0.2, 0) is 14.3 Å². The van der Waals surface area contributed by atoms with Crippen molar-refractivity contribution in [3.63, 3.8) is 0 Å². The van der Waals surface area contributed by atoms with Crippen LogP contribution in [0.15, 0.2) is 0 Å². The fraction of sp³-hybridized carbons (Fsp3) is 0.917. The second kappa shape index (κ2) is 8.78. The molecule has 1 fully saturated rings. The van der Waals surface area contributed by atoms with Gasteiger partial charge in [0.05, 0.1) is 6.61 Å². The fourth-order valence-electron chi connectivity index (χ4n) is 1.86. The number of hydrogen-bond donors (Lipinski definition) is 0. The Morgan fingerprint density at radius 2 is 2.29 bits per heavy atom. The molecule has 0 aliphatic carbocycles. The quantitative estimate of drug-likeness (QED) is 0.619. The predicted octanol–water partition coefficient (Wildman–Crippen LogP) is 1.39. The van der Waals surface area contributed by atoms with E-state index in [2.05, 4.69) is 0 Å². The highest BCUT2D eigenvalue weighted by Gasteiger charge is 2.26. The van der Waals surface area contributed by atoms with Crippen LogP contribution in [0, 0.1) is 0 Å². The van der Waals surface area contributed by atoms with Gasteiger partial charge in [-0.3, -0.25) is 4.79 Å². The predicted molar refractivity (Wildman–Crippen MR) is 70.4 cm³/mol. The summed E-state index contributed by atoms with van der Waals surface area (Å²) in [7, 11) is 1.67. The zero-order chi connectivity index (χ0) is 12.5. The summed E-state index contributed by atoms with van der Waals surface area (Å²) in [5.74, 6) is 2.29. The van der Waals surface area contributed by atoms with Gasteiger partial charge in [-0.2, -0.15) is 11.8 Å². The van der Waals surface area contributed by atoms with E-state index in [9.17, 15) is 4.79 Å². The molecular weight excluding hydrogens is 238 g/mol. The first-order valence-electron chi connectivity index (χ1n) is 6.23. The number of nitrogens with zero attached hydrogens (tertiary/aromatic N) is 1. The van der Waals surface area contributed by atoms with E-state index >= 15 is 0 Å². The summed E-state index contributed by atoms with van der Waals surface area (Å²) in [5, 5.41) is 0. The maximum atomic E-state index is 12.0. The number of ether oxygens (including phenoxy) is 2. The van der Waals surface area contributed by atoms with Gasteiger partial charge in [-0.15, -0.1) is 0 Å². The van der Waals surface area contributed by atoms with E-state index in [1.54, 1.807) is 7.11 Å². The number of hydrogen-bond acceptors (Lipinski definition) is 4. The van der Waals surface area contributed by atoms with E-state index in [1.807, 2.05) is 23.6 Å². The Labute approximate surface area is 108 Å². The molecule has 0 spiro atoms. The lowest BCUT2D eigenvalue weighted by Gasteiger charge is -2.28. The molecular formula is C12H23NO3S. The highest BCUT2D eigenvalue weighted by molar-refractivity contribution is 7.99. The number of thioether (sulfide) groups is 1. The topological polar surface area (TPSA) is 38.8 Å². The molecule has 0 radical (unpaired) electrons. The normalized spacial score (nSPS) is 19.5. The Morgan fingerprint density at radius 1 is 1.47 bits per heavy atom. The SMILES string of the molecule is CCCOCC(=O)N(CCOC)C1CCSC1. The number of rotatable bonds is 8. The van der Waals surface area contributed by atoms with Crippen molar-refractivity contribution in [2.75, 3.05) is 45.0 Å². The van der Waals surface area contributed by atoms with Crippen LogP contribution in [0.5, 0.6) is 0 Å². The van der Waals surface area contributed by atoms with Gasteiger partial charge in [0.15, 0.2) is 0 Å². The molecule has 0 aromatic carbocycles. The Bertz CT molecular complexity index is 220. The fourth-order valence-corrected chi connectivity index (χ4v) is 3.08. The number of amides is 1. The molecule has 0 bridgehead atoms. The van der Waals surface area contributed by atoms with Crippen LogP contribution < -0.4 is 0 Å². The van der Waals surface area contributed by atoms with E-state index in [1.165, 1.54) is 0 Å². The number of carbonyl (C=O) groups is 1. The molecule has 1 saturated heterocycles. The van der Waals surface area contributed by atoms with Crippen molar-refractivity contribution in [2.24, 2.45) is 0 Å². The van der Waals surface area contributed by atoms with Gasteiger partial charge in [-0.25, -0.2) is 0 Å². The second-order valence-corrected chi connectivity index (χ2v) is 5.30. The molecule has 1 aliphatic rings. The lowest BCUT2D eigenvalue weighted by molar-refractivity contribution is -0.138. The third-order valence-electron chi connectivity index (χ3n) is 2.78. The molecule has 17 heavy (non-hydrogen) atoms. The van der Waals surface area contributed by atoms with Gasteiger partial charge in [-0.05, 0) is 18.6 Å². The molecule has 100 valence electrons. The van der Waals surface area contributed by atoms with Gasteiger partial charge < -0.3 is 14.4 Å². The van der Waals surface area contributed by atoms with E-state index in [0.29, 0.717) is 25.8 Å². The molecule has 1 amide bonds. The van der Waals surface area contributed by atoms with E-state index in [4.69, 9.17) is 9.47 Å². The molecule has 1 unspecified atom stereocenters. The van der Waals surface area contributed by atoms with Crippen molar-refractivity contribution < 1.29 is 14.3 Å². The molecule has 1 aliphatic heterocycles. The molecule has 1 heterocycles. The van der Waals surface area contributed by atoms with E-state index in [-0.39, 0.29) is 12.5 Å². The monoisotopic (exact) mass is 261 g/mol. The second-order valence-electron chi connectivity index (χ2n) is 4.15. The number of methoxy groups -OCH3 is 1. The largest absolute Gasteiger partial charge is 0.383 e. The Balaban J connectivity index is 2.39. The zero-order valence-corrected chi connectivity index (χ0v) is 11.6. The van der Waals surface area contributed by atoms with Gasteiger partial charge in [-0.1, -0.05) is 6.92 Å². The van der Waals surface area contributed by atoms with Crippen LogP contribution in [0.2, 0.25) is 0 Å². The first-order valence-corrected chi connectivity index (χ1v) is 7.39. The smallest absolute Gasteiger partial charge is 0.248 e. The third-order valence-corrected chi connectivity index (χ3v) is 3.92. The number of carbonyl (C=O) groups excluding carboxylic acids is 1. The van der Waals surface area contributed by atoms with Crippen molar-refractivity contribution in [3.05, 3.63) is 0 Å².